The molecule has 3 aromatic carbocycles. The van der Waals surface area contributed by atoms with Gasteiger partial charge in [0.05, 0.1) is 28.1 Å². The second-order valence-electron chi connectivity index (χ2n) is 6.69. The molecule has 0 radical (unpaired) electrons. The van der Waals surface area contributed by atoms with Crippen molar-refractivity contribution in [3.63, 3.8) is 0 Å². The summed E-state index contributed by atoms with van der Waals surface area (Å²) < 4.78 is 0. The topological polar surface area (TPSA) is 67.5 Å². The molecule has 5 nitrogen and oxygen atoms in total. The normalized spacial score (nSPS) is 15.9. The summed E-state index contributed by atoms with van der Waals surface area (Å²) in [6.45, 7) is 2.06. The van der Waals surface area contributed by atoms with Crippen molar-refractivity contribution in [2.45, 2.75) is 19.4 Å². The van der Waals surface area contributed by atoms with Crippen LogP contribution in [-0.2, 0) is 0 Å². The molecule has 134 valence electrons. The Labute approximate surface area is 157 Å². The Bertz CT molecular complexity index is 1010. The van der Waals surface area contributed by atoms with E-state index in [1.807, 2.05) is 36.4 Å². The van der Waals surface area contributed by atoms with Gasteiger partial charge in [0.1, 0.15) is 0 Å². The van der Waals surface area contributed by atoms with Crippen LogP contribution < -0.4 is 5.32 Å². The van der Waals surface area contributed by atoms with Gasteiger partial charge in [-0.15, -0.1) is 0 Å². The Hall–Kier alpha value is -3.47. The number of nitrogens with zero attached hydrogens (tertiary/aromatic N) is 2. The number of aliphatic imine (C=N–C) groups is 1. The van der Waals surface area contributed by atoms with Crippen LogP contribution in [0, 0.1) is 17.0 Å². The lowest BCUT2D eigenvalue weighted by molar-refractivity contribution is -0.384. The zero-order valence-electron chi connectivity index (χ0n) is 14.9. The average Bonchev–Trinajstić information content (AvgIpc) is 2.88. The van der Waals surface area contributed by atoms with Crippen LogP contribution in [0.4, 0.5) is 17.1 Å². The standard InChI is InChI=1S/C22H19N3O2/c1-15-6-8-16(9-7-15)21-14-22(17-10-12-18(13-11-17)25(26)27)24-20-5-3-2-4-19(20)23-21/h2-13,22,24H,14H2,1H3/t22-/m0/s1. The molecule has 0 spiro atoms. The molecule has 1 aliphatic heterocycles. The molecule has 4 rings (SSSR count). The van der Waals surface area contributed by atoms with Gasteiger partial charge in [-0.3, -0.25) is 15.1 Å². The number of aryl methyl sites for hydroxylation is 1. The molecule has 0 saturated carbocycles. The van der Waals surface area contributed by atoms with Gasteiger partial charge >= 0.3 is 0 Å². The largest absolute Gasteiger partial charge is 0.376 e. The van der Waals surface area contributed by atoms with E-state index >= 15 is 0 Å². The number of nitro groups is 1. The summed E-state index contributed by atoms with van der Waals surface area (Å²) in [6, 6.07) is 23.0. The second-order valence-corrected chi connectivity index (χ2v) is 6.69. The van der Waals surface area contributed by atoms with Crippen LogP contribution in [0.1, 0.15) is 29.2 Å². The Morgan fingerprint density at radius 1 is 1.00 bits per heavy atom. The summed E-state index contributed by atoms with van der Waals surface area (Å²) in [7, 11) is 0. The van der Waals surface area contributed by atoms with Gasteiger partial charge in [0, 0.05) is 18.6 Å². The molecule has 0 aliphatic carbocycles. The van der Waals surface area contributed by atoms with E-state index in [1.54, 1.807) is 12.1 Å². The molecule has 0 fully saturated rings. The van der Waals surface area contributed by atoms with E-state index in [0.29, 0.717) is 6.42 Å². The molecule has 0 amide bonds. The summed E-state index contributed by atoms with van der Waals surface area (Å²) in [4.78, 5) is 15.5. The van der Waals surface area contributed by atoms with Crippen molar-refractivity contribution in [3.8, 4) is 0 Å². The lowest BCUT2D eigenvalue weighted by atomic mass is 9.96. The van der Waals surface area contributed by atoms with Crippen LogP contribution in [0.3, 0.4) is 0 Å². The van der Waals surface area contributed by atoms with E-state index in [-0.39, 0.29) is 16.7 Å². The second kappa shape index (κ2) is 7.03. The van der Waals surface area contributed by atoms with Crippen molar-refractivity contribution in [2.75, 3.05) is 5.32 Å². The maximum atomic E-state index is 10.9. The molecule has 0 unspecified atom stereocenters. The summed E-state index contributed by atoms with van der Waals surface area (Å²) in [5, 5.41) is 14.5. The van der Waals surface area contributed by atoms with Gasteiger partial charge in [0.2, 0.25) is 0 Å². The fraction of sp³-hybridized carbons (Fsp3) is 0.136. The molecule has 3 aromatic rings. The van der Waals surface area contributed by atoms with Crippen LogP contribution in [0.2, 0.25) is 0 Å². The molecule has 1 atom stereocenters. The monoisotopic (exact) mass is 357 g/mol. The van der Waals surface area contributed by atoms with Gasteiger partial charge in [-0.05, 0) is 30.2 Å². The van der Waals surface area contributed by atoms with Gasteiger partial charge in [-0.25, -0.2) is 0 Å². The summed E-state index contributed by atoms with van der Waals surface area (Å²) in [5.74, 6) is 0. The molecule has 0 saturated heterocycles. The molecule has 5 heteroatoms. The van der Waals surface area contributed by atoms with Gasteiger partial charge in [0.25, 0.3) is 5.69 Å². The molecule has 1 N–H and O–H groups in total. The maximum Gasteiger partial charge on any atom is 0.269 e. The third kappa shape index (κ3) is 3.58. The van der Waals surface area contributed by atoms with Crippen LogP contribution in [0.5, 0.6) is 0 Å². The van der Waals surface area contributed by atoms with E-state index in [1.165, 1.54) is 5.56 Å². The number of hydrogen-bond donors (Lipinski definition) is 1. The number of rotatable bonds is 3. The van der Waals surface area contributed by atoms with Crippen molar-refractivity contribution in [3.05, 3.63) is 99.6 Å². The van der Waals surface area contributed by atoms with Gasteiger partial charge in [-0.1, -0.05) is 54.1 Å². The highest BCUT2D eigenvalue weighted by molar-refractivity contribution is 6.04. The summed E-state index contributed by atoms with van der Waals surface area (Å²) in [6.07, 6.45) is 0.690. The predicted octanol–water partition coefficient (Wildman–Crippen LogP) is 5.58. The predicted molar refractivity (Wildman–Crippen MR) is 108 cm³/mol. The van der Waals surface area contributed by atoms with Crippen LogP contribution in [0.25, 0.3) is 0 Å². The Morgan fingerprint density at radius 2 is 1.70 bits per heavy atom. The first-order valence-electron chi connectivity index (χ1n) is 8.85. The lowest BCUT2D eigenvalue weighted by Gasteiger charge is -2.19. The Kier molecular flexibility index (Phi) is 4.42. The number of anilines is 1. The van der Waals surface area contributed by atoms with E-state index in [0.717, 1.165) is 28.2 Å². The molecule has 27 heavy (non-hydrogen) atoms. The number of non-ortho nitro benzene ring substituents is 1. The molecule has 1 heterocycles. The van der Waals surface area contributed by atoms with E-state index < -0.39 is 0 Å². The van der Waals surface area contributed by atoms with E-state index in [2.05, 4.69) is 36.5 Å². The van der Waals surface area contributed by atoms with Crippen molar-refractivity contribution in [1.82, 2.24) is 0 Å². The number of nitrogens with one attached hydrogen (secondary N) is 1. The van der Waals surface area contributed by atoms with E-state index in [9.17, 15) is 10.1 Å². The first-order valence-corrected chi connectivity index (χ1v) is 8.85. The fourth-order valence-corrected chi connectivity index (χ4v) is 3.27. The number of para-hydroxylation sites is 2. The van der Waals surface area contributed by atoms with Crippen molar-refractivity contribution < 1.29 is 4.92 Å². The highest BCUT2D eigenvalue weighted by Gasteiger charge is 2.21. The third-order valence-electron chi connectivity index (χ3n) is 4.78. The molecular weight excluding hydrogens is 338 g/mol. The first-order chi connectivity index (χ1) is 13.1. The van der Waals surface area contributed by atoms with Crippen LogP contribution in [-0.4, -0.2) is 10.6 Å². The molecule has 0 bridgehead atoms. The zero-order valence-corrected chi connectivity index (χ0v) is 14.9. The number of hydrogen-bond acceptors (Lipinski definition) is 4. The molecular formula is C22H19N3O2. The number of nitro benzene ring substituents is 1. The van der Waals surface area contributed by atoms with Gasteiger partial charge < -0.3 is 5.32 Å². The van der Waals surface area contributed by atoms with Crippen molar-refractivity contribution in [2.24, 2.45) is 4.99 Å². The Balaban J connectivity index is 1.75. The summed E-state index contributed by atoms with van der Waals surface area (Å²) >= 11 is 0. The SMILES string of the molecule is Cc1ccc(C2=Nc3ccccc3N[C@H](c3ccc([N+](=O)[O-])cc3)C2)cc1. The van der Waals surface area contributed by atoms with E-state index in [4.69, 9.17) is 4.99 Å². The maximum absolute atomic E-state index is 10.9. The van der Waals surface area contributed by atoms with Crippen LogP contribution >= 0.6 is 0 Å². The number of benzene rings is 3. The minimum atomic E-state index is -0.376. The highest BCUT2D eigenvalue weighted by atomic mass is 16.6. The third-order valence-corrected chi connectivity index (χ3v) is 4.78. The highest BCUT2D eigenvalue weighted by Crippen LogP contribution is 2.35. The average molecular weight is 357 g/mol. The van der Waals surface area contributed by atoms with Crippen molar-refractivity contribution >= 4 is 22.8 Å². The lowest BCUT2D eigenvalue weighted by Crippen LogP contribution is -2.14. The summed E-state index contributed by atoms with van der Waals surface area (Å²) in [5.41, 5.74) is 6.25. The Morgan fingerprint density at radius 3 is 2.41 bits per heavy atom. The minimum absolute atomic E-state index is 0.0190. The minimum Gasteiger partial charge on any atom is -0.376 e. The molecule has 1 aliphatic rings. The first kappa shape index (κ1) is 17.0. The van der Waals surface area contributed by atoms with Gasteiger partial charge in [-0.2, -0.15) is 0 Å². The zero-order chi connectivity index (χ0) is 18.8. The van der Waals surface area contributed by atoms with Crippen LogP contribution in [0.15, 0.2) is 77.8 Å². The quantitative estimate of drug-likeness (QED) is 0.491. The smallest absolute Gasteiger partial charge is 0.269 e. The number of fused-ring (bicyclic) bond motifs is 1. The fourth-order valence-electron chi connectivity index (χ4n) is 3.27. The van der Waals surface area contributed by atoms with Crippen molar-refractivity contribution in [1.29, 1.82) is 0 Å². The van der Waals surface area contributed by atoms with Gasteiger partial charge in [0.15, 0.2) is 0 Å². The molecule has 0 aromatic heterocycles.